The fraction of sp³-hybridized carbons (Fsp3) is 0.524. The highest BCUT2D eigenvalue weighted by molar-refractivity contribution is 6.31. The zero-order valence-corrected chi connectivity index (χ0v) is 17.4. The van der Waals surface area contributed by atoms with Gasteiger partial charge in [-0.15, -0.1) is 0 Å². The van der Waals surface area contributed by atoms with E-state index >= 15 is 0 Å². The van der Waals surface area contributed by atoms with Crippen LogP contribution in [0.5, 0.6) is 0 Å². The van der Waals surface area contributed by atoms with Crippen LogP contribution in [0, 0.1) is 13.8 Å². The molecular weight excluding hydrogens is 360 g/mol. The van der Waals surface area contributed by atoms with Gasteiger partial charge in [0.25, 0.3) is 5.91 Å². The Bertz CT molecular complexity index is 804. The van der Waals surface area contributed by atoms with E-state index in [0.717, 1.165) is 30.2 Å². The van der Waals surface area contributed by atoms with Crippen LogP contribution in [0.4, 0.5) is 0 Å². The van der Waals surface area contributed by atoms with Crippen LogP contribution in [0.15, 0.2) is 24.3 Å². The first kappa shape index (κ1) is 19.9. The number of benzene rings is 1. The van der Waals surface area contributed by atoms with Crippen molar-refractivity contribution in [3.8, 4) is 5.69 Å². The highest BCUT2D eigenvalue weighted by Gasteiger charge is 2.28. The second-order valence-electron chi connectivity index (χ2n) is 7.99. The Morgan fingerprint density at radius 3 is 2.33 bits per heavy atom. The first-order valence-electron chi connectivity index (χ1n) is 9.65. The molecule has 1 aliphatic heterocycles. The topological polar surface area (TPSA) is 50.2 Å². The van der Waals surface area contributed by atoms with Crippen molar-refractivity contribution in [2.24, 2.45) is 0 Å². The number of nitrogens with one attached hydrogen (secondary N) is 1. The van der Waals surface area contributed by atoms with E-state index in [4.69, 9.17) is 11.6 Å². The number of halogens is 1. The second-order valence-corrected chi connectivity index (χ2v) is 8.36. The van der Waals surface area contributed by atoms with Gasteiger partial charge in [-0.05, 0) is 77.9 Å². The SMILES string of the molecule is Cc1nn(-c2ccc(C(=O)NCC(C)(C)N3CCCCC3)cc2)c(C)c1Cl. The summed E-state index contributed by atoms with van der Waals surface area (Å²) in [6.45, 7) is 11.1. The largest absolute Gasteiger partial charge is 0.350 e. The van der Waals surface area contributed by atoms with Crippen LogP contribution >= 0.6 is 11.6 Å². The van der Waals surface area contributed by atoms with Crippen molar-refractivity contribution in [2.75, 3.05) is 19.6 Å². The van der Waals surface area contributed by atoms with Crippen LogP contribution in [0.1, 0.15) is 54.9 Å². The number of aromatic nitrogens is 2. The summed E-state index contributed by atoms with van der Waals surface area (Å²) in [6, 6.07) is 7.48. The summed E-state index contributed by atoms with van der Waals surface area (Å²) in [5.74, 6) is -0.0435. The summed E-state index contributed by atoms with van der Waals surface area (Å²) in [5, 5.41) is 8.23. The molecule has 6 heteroatoms. The standard InChI is InChI=1S/C21H29ClN4O/c1-15-19(22)16(2)26(24-15)18-10-8-17(9-11-18)20(27)23-14-21(3,4)25-12-6-5-7-13-25/h8-11H,5-7,12-14H2,1-4H3,(H,23,27). The van der Waals surface area contributed by atoms with E-state index in [1.54, 1.807) is 4.68 Å². The molecule has 27 heavy (non-hydrogen) atoms. The first-order valence-corrected chi connectivity index (χ1v) is 10.0. The van der Waals surface area contributed by atoms with E-state index in [1.165, 1.54) is 19.3 Å². The van der Waals surface area contributed by atoms with Gasteiger partial charge in [-0.1, -0.05) is 18.0 Å². The van der Waals surface area contributed by atoms with Gasteiger partial charge in [0.05, 0.1) is 22.1 Å². The lowest BCUT2D eigenvalue weighted by atomic mass is 9.98. The quantitative estimate of drug-likeness (QED) is 0.837. The van der Waals surface area contributed by atoms with Crippen molar-refractivity contribution >= 4 is 17.5 Å². The van der Waals surface area contributed by atoms with Crippen LogP contribution in [-0.2, 0) is 0 Å². The number of nitrogens with zero attached hydrogens (tertiary/aromatic N) is 3. The fourth-order valence-corrected chi connectivity index (χ4v) is 3.76. The number of rotatable bonds is 5. The molecule has 1 N–H and O–H groups in total. The fourth-order valence-electron chi connectivity index (χ4n) is 3.64. The molecule has 1 aromatic carbocycles. The Balaban J connectivity index is 1.64. The molecule has 3 rings (SSSR count). The number of hydrogen-bond acceptors (Lipinski definition) is 3. The van der Waals surface area contributed by atoms with Crippen molar-refractivity contribution in [1.82, 2.24) is 20.0 Å². The predicted molar refractivity (Wildman–Crippen MR) is 110 cm³/mol. The van der Waals surface area contributed by atoms with E-state index in [2.05, 4.69) is 29.2 Å². The summed E-state index contributed by atoms with van der Waals surface area (Å²) in [4.78, 5) is 15.1. The molecule has 5 nitrogen and oxygen atoms in total. The summed E-state index contributed by atoms with van der Waals surface area (Å²) in [5.41, 5.74) is 3.22. The van der Waals surface area contributed by atoms with Gasteiger partial charge in [0.1, 0.15) is 0 Å². The van der Waals surface area contributed by atoms with Gasteiger partial charge in [-0.25, -0.2) is 4.68 Å². The Morgan fingerprint density at radius 2 is 1.78 bits per heavy atom. The molecule has 1 aliphatic rings. The van der Waals surface area contributed by atoms with E-state index in [0.29, 0.717) is 17.1 Å². The molecule has 1 aromatic heterocycles. The van der Waals surface area contributed by atoms with Crippen molar-refractivity contribution in [2.45, 2.75) is 52.5 Å². The zero-order chi connectivity index (χ0) is 19.6. The molecule has 0 saturated carbocycles. The first-order chi connectivity index (χ1) is 12.8. The van der Waals surface area contributed by atoms with Gasteiger partial charge in [0.15, 0.2) is 0 Å². The number of carbonyl (C=O) groups excluding carboxylic acids is 1. The number of likely N-dealkylation sites (tertiary alicyclic amines) is 1. The summed E-state index contributed by atoms with van der Waals surface area (Å²) in [7, 11) is 0. The molecule has 146 valence electrons. The molecule has 1 amide bonds. The number of piperidine rings is 1. The molecular formula is C21H29ClN4O. The number of carbonyl (C=O) groups is 1. The van der Waals surface area contributed by atoms with E-state index in [9.17, 15) is 4.79 Å². The van der Waals surface area contributed by atoms with Gasteiger partial charge >= 0.3 is 0 Å². The zero-order valence-electron chi connectivity index (χ0n) is 16.7. The van der Waals surface area contributed by atoms with Gasteiger partial charge < -0.3 is 5.32 Å². The maximum Gasteiger partial charge on any atom is 0.251 e. The summed E-state index contributed by atoms with van der Waals surface area (Å²) < 4.78 is 1.80. The molecule has 2 heterocycles. The summed E-state index contributed by atoms with van der Waals surface area (Å²) >= 11 is 6.23. The second kappa shape index (κ2) is 8.03. The van der Waals surface area contributed by atoms with E-state index in [-0.39, 0.29) is 11.4 Å². The molecule has 0 aliphatic carbocycles. The molecule has 1 fully saturated rings. The van der Waals surface area contributed by atoms with E-state index in [1.807, 2.05) is 38.1 Å². The smallest absolute Gasteiger partial charge is 0.251 e. The van der Waals surface area contributed by atoms with Gasteiger partial charge in [0, 0.05) is 17.6 Å². The molecule has 0 bridgehead atoms. The number of aryl methyl sites for hydroxylation is 1. The number of amides is 1. The molecule has 0 radical (unpaired) electrons. The van der Waals surface area contributed by atoms with Crippen molar-refractivity contribution in [1.29, 1.82) is 0 Å². The Morgan fingerprint density at radius 1 is 1.15 bits per heavy atom. The maximum atomic E-state index is 12.6. The van der Waals surface area contributed by atoms with Gasteiger partial charge in [0.2, 0.25) is 0 Å². The normalized spacial score (nSPS) is 15.7. The Labute approximate surface area is 166 Å². The Kier molecular flexibility index (Phi) is 5.92. The van der Waals surface area contributed by atoms with Crippen LogP contribution in [0.3, 0.4) is 0 Å². The molecule has 1 saturated heterocycles. The maximum absolute atomic E-state index is 12.6. The minimum absolute atomic E-state index is 0.0313. The van der Waals surface area contributed by atoms with Crippen LogP contribution in [0.25, 0.3) is 5.69 Å². The average molecular weight is 389 g/mol. The lowest BCUT2D eigenvalue weighted by Crippen LogP contribution is -2.53. The van der Waals surface area contributed by atoms with Crippen LogP contribution in [-0.4, -0.2) is 45.8 Å². The van der Waals surface area contributed by atoms with Crippen molar-refractivity contribution in [3.05, 3.63) is 46.2 Å². The minimum atomic E-state index is -0.0435. The molecule has 0 spiro atoms. The molecule has 0 atom stereocenters. The van der Waals surface area contributed by atoms with Crippen molar-refractivity contribution < 1.29 is 4.79 Å². The van der Waals surface area contributed by atoms with Crippen molar-refractivity contribution in [3.63, 3.8) is 0 Å². The third-order valence-corrected chi connectivity index (χ3v) is 6.02. The van der Waals surface area contributed by atoms with Crippen LogP contribution in [0.2, 0.25) is 5.02 Å². The molecule has 0 unspecified atom stereocenters. The van der Waals surface area contributed by atoms with Gasteiger partial charge in [-0.2, -0.15) is 5.10 Å². The average Bonchev–Trinajstić information content (AvgIpc) is 2.94. The summed E-state index contributed by atoms with van der Waals surface area (Å²) in [6.07, 6.45) is 3.80. The minimum Gasteiger partial charge on any atom is -0.350 e. The predicted octanol–water partition coefficient (Wildman–Crippen LogP) is 4.14. The lowest BCUT2D eigenvalue weighted by Gasteiger charge is -2.41. The molecule has 2 aromatic rings. The third-order valence-electron chi connectivity index (χ3n) is 5.47. The van der Waals surface area contributed by atoms with Gasteiger partial charge in [-0.3, -0.25) is 9.69 Å². The van der Waals surface area contributed by atoms with Crippen LogP contribution < -0.4 is 5.32 Å². The monoisotopic (exact) mass is 388 g/mol. The highest BCUT2D eigenvalue weighted by atomic mass is 35.5. The number of hydrogen-bond donors (Lipinski definition) is 1. The third kappa shape index (κ3) is 4.36. The highest BCUT2D eigenvalue weighted by Crippen LogP contribution is 2.23. The Hall–Kier alpha value is -1.85. The van der Waals surface area contributed by atoms with E-state index < -0.39 is 0 Å². The lowest BCUT2D eigenvalue weighted by molar-refractivity contribution is 0.0797.